The molecule has 4 rings (SSSR count). The Hall–Kier alpha value is -2.35. The van der Waals surface area contributed by atoms with Gasteiger partial charge in [0, 0.05) is 12.8 Å². The van der Waals surface area contributed by atoms with Gasteiger partial charge in [-0.3, -0.25) is 0 Å². The quantitative estimate of drug-likeness (QED) is 0.824. The van der Waals surface area contributed by atoms with Crippen LogP contribution < -0.4 is 4.74 Å². The Morgan fingerprint density at radius 2 is 1.65 bits per heavy atom. The molecule has 0 unspecified atom stereocenters. The van der Waals surface area contributed by atoms with Crippen molar-refractivity contribution in [1.29, 1.82) is 5.26 Å². The van der Waals surface area contributed by atoms with Crippen LogP contribution in [0.3, 0.4) is 0 Å². The first-order valence-corrected chi connectivity index (χ1v) is 9.20. The molecule has 1 aliphatic heterocycles. The second-order valence-corrected chi connectivity index (χ2v) is 7.10. The van der Waals surface area contributed by atoms with Crippen LogP contribution in [0.2, 0.25) is 0 Å². The van der Waals surface area contributed by atoms with Crippen LogP contribution in [0.5, 0.6) is 5.75 Å². The summed E-state index contributed by atoms with van der Waals surface area (Å²) in [6.45, 7) is 1.83. The first-order valence-electron chi connectivity index (χ1n) is 9.20. The van der Waals surface area contributed by atoms with Crippen LogP contribution >= 0.6 is 0 Å². The van der Waals surface area contributed by atoms with Crippen molar-refractivity contribution in [3.05, 3.63) is 65.7 Å². The van der Waals surface area contributed by atoms with Gasteiger partial charge in [-0.05, 0) is 36.1 Å². The molecule has 1 saturated heterocycles. The van der Waals surface area contributed by atoms with E-state index < -0.39 is 11.2 Å². The van der Waals surface area contributed by atoms with Crippen LogP contribution in [0.1, 0.15) is 36.8 Å². The van der Waals surface area contributed by atoms with Gasteiger partial charge in [-0.2, -0.15) is 5.26 Å². The van der Waals surface area contributed by atoms with Crippen molar-refractivity contribution >= 4 is 0 Å². The van der Waals surface area contributed by atoms with E-state index in [0.29, 0.717) is 19.8 Å². The molecule has 2 aliphatic rings. The Labute approximate surface area is 154 Å². The lowest BCUT2D eigenvalue weighted by atomic mass is 9.68. The highest BCUT2D eigenvalue weighted by atomic mass is 16.7. The minimum atomic E-state index is -0.493. The molecule has 4 nitrogen and oxygen atoms in total. The van der Waals surface area contributed by atoms with E-state index in [9.17, 15) is 5.26 Å². The summed E-state index contributed by atoms with van der Waals surface area (Å²) in [4.78, 5) is 0. The highest BCUT2D eigenvalue weighted by Gasteiger charge is 2.47. The number of benzene rings is 2. The molecular formula is C22H23NO3. The topological polar surface area (TPSA) is 51.5 Å². The highest BCUT2D eigenvalue weighted by Crippen LogP contribution is 2.46. The van der Waals surface area contributed by atoms with Gasteiger partial charge in [0.05, 0.1) is 24.7 Å². The normalized spacial score (nSPS) is 20.6. The fourth-order valence-electron chi connectivity index (χ4n) is 3.93. The smallest absolute Gasteiger partial charge is 0.168 e. The van der Waals surface area contributed by atoms with Crippen LogP contribution in [-0.4, -0.2) is 19.0 Å². The summed E-state index contributed by atoms with van der Waals surface area (Å²) in [6, 6.07) is 20.6. The molecule has 1 spiro atoms. The fourth-order valence-corrected chi connectivity index (χ4v) is 3.93. The van der Waals surface area contributed by atoms with E-state index in [4.69, 9.17) is 14.2 Å². The molecule has 1 heterocycles. The summed E-state index contributed by atoms with van der Waals surface area (Å²) < 4.78 is 17.6. The van der Waals surface area contributed by atoms with Gasteiger partial charge < -0.3 is 14.2 Å². The molecule has 134 valence electrons. The van der Waals surface area contributed by atoms with Crippen LogP contribution in [-0.2, 0) is 21.5 Å². The van der Waals surface area contributed by atoms with Gasteiger partial charge in [-0.25, -0.2) is 0 Å². The molecule has 0 atom stereocenters. The zero-order chi connectivity index (χ0) is 17.9. The predicted molar refractivity (Wildman–Crippen MR) is 97.6 cm³/mol. The fraction of sp³-hybridized carbons (Fsp3) is 0.409. The van der Waals surface area contributed by atoms with Crippen molar-refractivity contribution < 1.29 is 14.2 Å². The van der Waals surface area contributed by atoms with Gasteiger partial charge in [0.1, 0.15) is 12.4 Å². The Kier molecular flexibility index (Phi) is 4.67. The zero-order valence-corrected chi connectivity index (χ0v) is 14.8. The van der Waals surface area contributed by atoms with E-state index in [0.717, 1.165) is 42.6 Å². The molecule has 2 fully saturated rings. The minimum absolute atomic E-state index is 0.457. The first kappa shape index (κ1) is 17.1. The third-order valence-electron chi connectivity index (χ3n) is 5.53. The zero-order valence-electron chi connectivity index (χ0n) is 14.8. The molecule has 1 aliphatic carbocycles. The van der Waals surface area contributed by atoms with E-state index >= 15 is 0 Å². The van der Waals surface area contributed by atoms with Crippen LogP contribution in [0.25, 0.3) is 0 Å². The van der Waals surface area contributed by atoms with Crippen LogP contribution in [0, 0.1) is 11.3 Å². The molecular weight excluding hydrogens is 326 g/mol. The molecule has 26 heavy (non-hydrogen) atoms. The van der Waals surface area contributed by atoms with E-state index in [2.05, 4.69) is 6.07 Å². The van der Waals surface area contributed by atoms with Gasteiger partial charge >= 0.3 is 0 Å². The van der Waals surface area contributed by atoms with Gasteiger partial charge in [0.2, 0.25) is 0 Å². The molecule has 0 radical (unpaired) electrons. The van der Waals surface area contributed by atoms with E-state index in [1.54, 1.807) is 0 Å². The molecule has 0 bridgehead atoms. The maximum atomic E-state index is 9.95. The molecule has 0 aromatic heterocycles. The summed E-state index contributed by atoms with van der Waals surface area (Å²) in [5.41, 5.74) is 1.66. The Morgan fingerprint density at radius 3 is 2.35 bits per heavy atom. The monoisotopic (exact) mass is 349 g/mol. The van der Waals surface area contributed by atoms with Crippen LogP contribution in [0.15, 0.2) is 54.6 Å². The van der Waals surface area contributed by atoms with Crippen molar-refractivity contribution in [2.24, 2.45) is 0 Å². The Bertz CT molecular complexity index is 781. The Morgan fingerprint density at radius 1 is 0.923 bits per heavy atom. The third-order valence-corrected chi connectivity index (χ3v) is 5.53. The van der Waals surface area contributed by atoms with Crippen molar-refractivity contribution in [3.8, 4) is 11.8 Å². The SMILES string of the molecule is N#CC1(c2cccc(OCc3ccccc3)c2)CCC2(CC1)OCCO2. The molecule has 4 heteroatoms. The van der Waals surface area contributed by atoms with E-state index in [-0.39, 0.29) is 0 Å². The van der Waals surface area contributed by atoms with Crippen molar-refractivity contribution in [3.63, 3.8) is 0 Å². The molecule has 2 aromatic carbocycles. The summed E-state index contributed by atoms with van der Waals surface area (Å²) in [7, 11) is 0. The predicted octanol–water partition coefficient (Wildman–Crippen LogP) is 4.34. The second-order valence-electron chi connectivity index (χ2n) is 7.10. The van der Waals surface area contributed by atoms with Crippen molar-refractivity contribution in [2.75, 3.05) is 13.2 Å². The van der Waals surface area contributed by atoms with Crippen LogP contribution in [0.4, 0.5) is 0 Å². The molecule has 0 N–H and O–H groups in total. The minimum Gasteiger partial charge on any atom is -0.489 e. The number of nitrogens with zero attached hydrogens (tertiary/aromatic N) is 1. The number of ether oxygens (including phenoxy) is 3. The molecule has 2 aromatic rings. The summed E-state index contributed by atoms with van der Waals surface area (Å²) in [5, 5.41) is 9.95. The lowest BCUT2D eigenvalue weighted by Crippen LogP contribution is -2.41. The number of hydrogen-bond acceptors (Lipinski definition) is 4. The van der Waals surface area contributed by atoms with E-state index in [1.165, 1.54) is 0 Å². The molecule has 0 amide bonds. The maximum Gasteiger partial charge on any atom is 0.168 e. The van der Waals surface area contributed by atoms with Gasteiger partial charge in [0.15, 0.2) is 5.79 Å². The average molecular weight is 349 g/mol. The first-order chi connectivity index (χ1) is 12.7. The summed E-state index contributed by atoms with van der Waals surface area (Å²) in [5.74, 6) is 0.344. The molecule has 1 saturated carbocycles. The number of rotatable bonds is 4. The summed E-state index contributed by atoms with van der Waals surface area (Å²) >= 11 is 0. The number of nitriles is 1. The third kappa shape index (κ3) is 3.33. The Balaban J connectivity index is 1.49. The van der Waals surface area contributed by atoms with Crippen molar-refractivity contribution in [2.45, 2.75) is 43.5 Å². The standard InChI is InChI=1S/C22H23NO3/c23-17-21(9-11-22(12-10-21)25-13-14-26-22)19-7-4-8-20(15-19)24-16-18-5-2-1-3-6-18/h1-8,15H,9-14,16H2. The van der Waals surface area contributed by atoms with Gasteiger partial charge in [-0.1, -0.05) is 42.5 Å². The van der Waals surface area contributed by atoms with Gasteiger partial charge in [-0.15, -0.1) is 0 Å². The second kappa shape index (κ2) is 7.11. The van der Waals surface area contributed by atoms with Crippen molar-refractivity contribution in [1.82, 2.24) is 0 Å². The maximum absolute atomic E-state index is 9.95. The highest BCUT2D eigenvalue weighted by molar-refractivity contribution is 5.39. The van der Waals surface area contributed by atoms with Gasteiger partial charge in [0.25, 0.3) is 0 Å². The summed E-state index contributed by atoms with van der Waals surface area (Å²) in [6.07, 6.45) is 3.00. The lowest BCUT2D eigenvalue weighted by molar-refractivity contribution is -0.182. The largest absolute Gasteiger partial charge is 0.489 e. The van der Waals surface area contributed by atoms with E-state index in [1.807, 2.05) is 54.6 Å². The lowest BCUT2D eigenvalue weighted by Gasteiger charge is -2.40. The average Bonchev–Trinajstić information content (AvgIpc) is 3.17. The number of hydrogen-bond donors (Lipinski definition) is 0.